The van der Waals surface area contributed by atoms with Crippen LogP contribution in [0.25, 0.3) is 12.2 Å². The van der Waals surface area contributed by atoms with Crippen molar-refractivity contribution in [1.29, 1.82) is 0 Å². The number of hydrogen-bond acceptors (Lipinski definition) is 1. The quantitative estimate of drug-likeness (QED) is 0.366. The smallest absolute Gasteiger partial charge is 0.0665 e. The summed E-state index contributed by atoms with van der Waals surface area (Å²) >= 11 is 3.53. The van der Waals surface area contributed by atoms with E-state index in [1.807, 2.05) is 17.1 Å². The molecule has 0 atom stereocenters. The number of aryl methyl sites for hydroxylation is 1. The van der Waals surface area contributed by atoms with Crippen LogP contribution >= 0.6 is 15.9 Å². The van der Waals surface area contributed by atoms with Gasteiger partial charge < -0.3 is 0 Å². The zero-order valence-corrected chi connectivity index (χ0v) is 20.3. The highest BCUT2D eigenvalue weighted by Crippen LogP contribution is 2.46. The number of nitrogens with zero attached hydrogens (tertiary/aromatic N) is 2. The van der Waals surface area contributed by atoms with Gasteiger partial charge in [0, 0.05) is 6.20 Å². The Morgan fingerprint density at radius 2 is 1.60 bits per heavy atom. The Labute approximate surface area is 189 Å². The lowest BCUT2D eigenvalue weighted by Crippen LogP contribution is -2.34. The third kappa shape index (κ3) is 4.32. The predicted molar refractivity (Wildman–Crippen MR) is 131 cm³/mol. The lowest BCUT2D eigenvalue weighted by Gasteiger charge is -2.42. The first kappa shape index (κ1) is 21.1. The van der Waals surface area contributed by atoms with Gasteiger partial charge >= 0.3 is 0 Å². The summed E-state index contributed by atoms with van der Waals surface area (Å²) in [4.78, 5) is 0. The molecule has 1 aliphatic rings. The molecule has 3 aromatic rings. The van der Waals surface area contributed by atoms with Gasteiger partial charge in [0.1, 0.15) is 0 Å². The first-order chi connectivity index (χ1) is 14.1. The Morgan fingerprint density at radius 3 is 2.20 bits per heavy atom. The SMILES string of the molecule is Cc1ccc(/C=C/c2cc3c(cc2Cn2cc(Br)cn2)C(C)(C)CCC3(C)C)cc1. The highest BCUT2D eigenvalue weighted by atomic mass is 79.9. The summed E-state index contributed by atoms with van der Waals surface area (Å²) in [5.74, 6) is 0. The van der Waals surface area contributed by atoms with Gasteiger partial charge in [-0.3, -0.25) is 4.68 Å². The minimum Gasteiger partial charge on any atom is -0.267 e. The molecule has 0 fully saturated rings. The zero-order chi connectivity index (χ0) is 21.5. The minimum atomic E-state index is 0.198. The largest absolute Gasteiger partial charge is 0.267 e. The van der Waals surface area contributed by atoms with Crippen molar-refractivity contribution in [2.45, 2.75) is 64.8 Å². The summed E-state index contributed by atoms with van der Waals surface area (Å²) in [5.41, 5.74) is 8.50. The van der Waals surface area contributed by atoms with E-state index in [0.29, 0.717) is 0 Å². The maximum absolute atomic E-state index is 4.50. The monoisotopic (exact) mass is 462 g/mol. The number of halogens is 1. The highest BCUT2D eigenvalue weighted by molar-refractivity contribution is 9.10. The van der Waals surface area contributed by atoms with E-state index in [-0.39, 0.29) is 10.8 Å². The lowest BCUT2D eigenvalue weighted by atomic mass is 9.62. The Kier molecular flexibility index (Phi) is 5.52. The molecule has 0 bridgehead atoms. The van der Waals surface area contributed by atoms with E-state index in [1.165, 1.54) is 46.2 Å². The van der Waals surface area contributed by atoms with Crippen molar-refractivity contribution in [2.24, 2.45) is 0 Å². The highest BCUT2D eigenvalue weighted by Gasteiger charge is 2.37. The first-order valence-corrected chi connectivity index (χ1v) is 11.5. The fraction of sp³-hybridized carbons (Fsp3) is 0.370. The molecule has 3 heteroatoms. The van der Waals surface area contributed by atoms with Crippen LogP contribution in [-0.4, -0.2) is 9.78 Å². The number of hydrogen-bond donors (Lipinski definition) is 0. The van der Waals surface area contributed by atoms with Crippen molar-refractivity contribution in [2.75, 3.05) is 0 Å². The second-order valence-corrected chi connectivity index (χ2v) is 10.9. The van der Waals surface area contributed by atoms with Crippen molar-refractivity contribution in [1.82, 2.24) is 9.78 Å². The summed E-state index contributed by atoms with van der Waals surface area (Å²) < 4.78 is 3.02. The van der Waals surface area contributed by atoms with E-state index in [2.05, 4.69) is 104 Å². The molecule has 0 spiro atoms. The molecule has 156 valence electrons. The van der Waals surface area contributed by atoms with Gasteiger partial charge in [0.2, 0.25) is 0 Å². The van der Waals surface area contributed by atoms with Gasteiger partial charge in [0.15, 0.2) is 0 Å². The fourth-order valence-corrected chi connectivity index (χ4v) is 4.76. The average molecular weight is 463 g/mol. The van der Waals surface area contributed by atoms with Crippen molar-refractivity contribution < 1.29 is 0 Å². The third-order valence-corrected chi connectivity index (χ3v) is 6.99. The van der Waals surface area contributed by atoms with Crippen molar-refractivity contribution >= 4 is 28.1 Å². The topological polar surface area (TPSA) is 17.8 Å². The number of benzene rings is 2. The molecule has 30 heavy (non-hydrogen) atoms. The molecule has 0 N–H and O–H groups in total. The minimum absolute atomic E-state index is 0.198. The van der Waals surface area contributed by atoms with Crippen LogP contribution in [0.4, 0.5) is 0 Å². The van der Waals surface area contributed by atoms with Crippen LogP contribution in [0, 0.1) is 6.92 Å². The lowest BCUT2D eigenvalue weighted by molar-refractivity contribution is 0.331. The predicted octanol–water partition coefficient (Wildman–Crippen LogP) is 7.52. The van der Waals surface area contributed by atoms with Crippen LogP contribution in [0.2, 0.25) is 0 Å². The normalized spacial score (nSPS) is 17.3. The molecule has 0 aliphatic heterocycles. The van der Waals surface area contributed by atoms with Gasteiger partial charge in [-0.15, -0.1) is 0 Å². The Balaban J connectivity index is 1.82. The van der Waals surface area contributed by atoms with Gasteiger partial charge in [-0.1, -0.05) is 81.8 Å². The second-order valence-electron chi connectivity index (χ2n) is 9.96. The molecule has 1 aromatic heterocycles. The Hall–Kier alpha value is -2.13. The van der Waals surface area contributed by atoms with E-state index >= 15 is 0 Å². The number of fused-ring (bicyclic) bond motifs is 1. The van der Waals surface area contributed by atoms with Gasteiger partial charge in [0.05, 0.1) is 17.2 Å². The third-order valence-electron chi connectivity index (χ3n) is 6.58. The van der Waals surface area contributed by atoms with Crippen LogP contribution in [0.3, 0.4) is 0 Å². The summed E-state index contributed by atoms with van der Waals surface area (Å²) in [6, 6.07) is 13.6. The molecule has 1 heterocycles. The number of rotatable bonds is 4. The fourth-order valence-electron chi connectivity index (χ4n) is 4.43. The van der Waals surface area contributed by atoms with Crippen LogP contribution in [0.1, 0.15) is 73.9 Å². The summed E-state index contributed by atoms with van der Waals surface area (Å²) in [6.45, 7) is 12.4. The second kappa shape index (κ2) is 7.85. The summed E-state index contributed by atoms with van der Waals surface area (Å²) in [6.07, 6.45) is 10.8. The molecule has 0 amide bonds. The molecular formula is C27H31BrN2. The summed E-state index contributed by atoms with van der Waals surface area (Å²) in [7, 11) is 0. The molecule has 0 radical (unpaired) electrons. The van der Waals surface area contributed by atoms with E-state index < -0.39 is 0 Å². The maximum Gasteiger partial charge on any atom is 0.0665 e. The van der Waals surface area contributed by atoms with Gasteiger partial charge in [-0.2, -0.15) is 5.10 Å². The Bertz CT molecular complexity index is 1080. The van der Waals surface area contributed by atoms with E-state index in [0.717, 1.165) is 11.0 Å². The van der Waals surface area contributed by atoms with Crippen LogP contribution < -0.4 is 0 Å². The van der Waals surface area contributed by atoms with Gasteiger partial charge in [-0.25, -0.2) is 0 Å². The van der Waals surface area contributed by atoms with Crippen LogP contribution in [-0.2, 0) is 17.4 Å². The van der Waals surface area contributed by atoms with Crippen molar-refractivity contribution in [3.05, 3.63) is 86.6 Å². The van der Waals surface area contributed by atoms with Gasteiger partial charge in [0.25, 0.3) is 0 Å². The standard InChI is InChI=1S/C27H31BrN2/c1-19-6-8-20(9-7-19)10-11-21-14-24-25(27(4,5)13-12-26(24,2)3)15-22(21)17-30-18-23(28)16-29-30/h6-11,14-16,18H,12-13,17H2,1-5H3/b11-10+. The molecule has 0 saturated heterocycles. The number of aromatic nitrogens is 2. The zero-order valence-electron chi connectivity index (χ0n) is 18.7. The van der Waals surface area contributed by atoms with Crippen LogP contribution in [0.5, 0.6) is 0 Å². The molecular weight excluding hydrogens is 432 g/mol. The molecule has 4 rings (SSSR count). The van der Waals surface area contributed by atoms with Crippen LogP contribution in [0.15, 0.2) is 53.3 Å². The first-order valence-electron chi connectivity index (χ1n) is 10.7. The van der Waals surface area contributed by atoms with Crippen molar-refractivity contribution in [3.63, 3.8) is 0 Å². The molecule has 0 saturated carbocycles. The maximum atomic E-state index is 4.50. The van der Waals surface area contributed by atoms with E-state index in [4.69, 9.17) is 0 Å². The molecule has 2 nitrogen and oxygen atoms in total. The molecule has 2 aromatic carbocycles. The Morgan fingerprint density at radius 1 is 0.967 bits per heavy atom. The summed E-state index contributed by atoms with van der Waals surface area (Å²) in [5, 5.41) is 4.50. The average Bonchev–Trinajstić information content (AvgIpc) is 3.10. The van der Waals surface area contributed by atoms with Gasteiger partial charge in [-0.05, 0) is 74.3 Å². The van der Waals surface area contributed by atoms with Crippen molar-refractivity contribution in [3.8, 4) is 0 Å². The van der Waals surface area contributed by atoms with E-state index in [9.17, 15) is 0 Å². The molecule has 0 unspecified atom stereocenters. The molecule has 1 aliphatic carbocycles. The van der Waals surface area contributed by atoms with E-state index in [1.54, 1.807) is 0 Å².